The Labute approximate surface area is 125 Å². The number of hydrogen-bond acceptors (Lipinski definition) is 7. The van der Waals surface area contributed by atoms with Gasteiger partial charge in [-0.05, 0) is 30.7 Å². The number of anilines is 2. The number of aryl methyl sites for hydroxylation is 1. The average molecular weight is 294 g/mol. The summed E-state index contributed by atoms with van der Waals surface area (Å²) < 4.78 is 4.26. The Balaban J connectivity index is 1.83. The fraction of sp³-hybridized carbons (Fsp3) is 0.0714. The molecule has 0 fully saturated rings. The first-order valence-corrected chi connectivity index (χ1v) is 6.92. The Morgan fingerprint density at radius 1 is 1.24 bits per heavy atom. The second-order valence-electron chi connectivity index (χ2n) is 4.26. The summed E-state index contributed by atoms with van der Waals surface area (Å²) in [5.74, 6) is 1.29. The van der Waals surface area contributed by atoms with Crippen molar-refractivity contribution in [2.75, 3.05) is 5.32 Å². The van der Waals surface area contributed by atoms with Crippen LogP contribution in [-0.4, -0.2) is 19.3 Å². The minimum atomic E-state index is 0.511. The van der Waals surface area contributed by atoms with Crippen molar-refractivity contribution in [1.82, 2.24) is 19.3 Å². The molecule has 0 atom stereocenters. The van der Waals surface area contributed by atoms with Gasteiger partial charge in [0.1, 0.15) is 17.6 Å². The molecule has 0 aromatic carbocycles. The van der Waals surface area contributed by atoms with E-state index in [-0.39, 0.29) is 0 Å². The zero-order chi connectivity index (χ0) is 14.7. The maximum atomic E-state index is 8.76. The van der Waals surface area contributed by atoms with Crippen molar-refractivity contribution < 1.29 is 0 Å². The maximum Gasteiger partial charge on any atom is 0.208 e. The van der Waals surface area contributed by atoms with Crippen LogP contribution < -0.4 is 5.32 Å². The molecule has 0 radical (unpaired) electrons. The lowest BCUT2D eigenvalue weighted by Gasteiger charge is -2.03. The lowest BCUT2D eigenvalue weighted by molar-refractivity contribution is 1.21. The minimum Gasteiger partial charge on any atom is -0.315 e. The van der Waals surface area contributed by atoms with Gasteiger partial charge in [-0.2, -0.15) is 14.6 Å². The van der Waals surface area contributed by atoms with Crippen molar-refractivity contribution in [2.45, 2.75) is 6.92 Å². The van der Waals surface area contributed by atoms with Gasteiger partial charge in [0.25, 0.3) is 0 Å². The van der Waals surface area contributed by atoms with Crippen LogP contribution in [0.3, 0.4) is 0 Å². The van der Waals surface area contributed by atoms with Gasteiger partial charge in [0.05, 0.1) is 5.56 Å². The minimum absolute atomic E-state index is 0.511. The SMILES string of the molecule is Cc1cccnc1Nc1nc(-c2ccc(C#N)cn2)ns1. The molecule has 0 amide bonds. The summed E-state index contributed by atoms with van der Waals surface area (Å²) in [6.07, 6.45) is 3.23. The van der Waals surface area contributed by atoms with Crippen LogP contribution in [0.1, 0.15) is 11.1 Å². The number of hydrogen-bond donors (Lipinski definition) is 1. The van der Waals surface area contributed by atoms with Crippen molar-refractivity contribution in [3.63, 3.8) is 0 Å². The number of nitriles is 1. The largest absolute Gasteiger partial charge is 0.315 e. The van der Waals surface area contributed by atoms with Crippen molar-refractivity contribution in [1.29, 1.82) is 5.26 Å². The van der Waals surface area contributed by atoms with Crippen molar-refractivity contribution >= 4 is 22.5 Å². The van der Waals surface area contributed by atoms with Gasteiger partial charge in [0.15, 0.2) is 5.82 Å². The highest BCUT2D eigenvalue weighted by molar-refractivity contribution is 7.09. The fourth-order valence-corrected chi connectivity index (χ4v) is 2.27. The molecule has 0 aliphatic carbocycles. The molecule has 3 aromatic heterocycles. The van der Waals surface area contributed by atoms with Crippen LogP contribution >= 0.6 is 11.5 Å². The summed E-state index contributed by atoms with van der Waals surface area (Å²) in [7, 11) is 0. The quantitative estimate of drug-likeness (QED) is 0.799. The number of nitrogens with one attached hydrogen (secondary N) is 1. The molecule has 0 saturated carbocycles. The Kier molecular flexibility index (Phi) is 3.53. The van der Waals surface area contributed by atoms with Gasteiger partial charge in [-0.1, -0.05) is 6.07 Å². The second kappa shape index (κ2) is 5.64. The third kappa shape index (κ3) is 2.85. The molecule has 102 valence electrons. The van der Waals surface area contributed by atoms with E-state index in [0.717, 1.165) is 11.4 Å². The molecule has 7 heteroatoms. The highest BCUT2D eigenvalue weighted by atomic mass is 32.1. The van der Waals surface area contributed by atoms with Crippen LogP contribution in [0.2, 0.25) is 0 Å². The highest BCUT2D eigenvalue weighted by Crippen LogP contribution is 2.23. The highest BCUT2D eigenvalue weighted by Gasteiger charge is 2.09. The van der Waals surface area contributed by atoms with Crippen LogP contribution in [0.25, 0.3) is 11.5 Å². The lowest BCUT2D eigenvalue weighted by Crippen LogP contribution is -1.95. The van der Waals surface area contributed by atoms with E-state index in [9.17, 15) is 0 Å². The van der Waals surface area contributed by atoms with Crippen LogP contribution in [0.4, 0.5) is 10.9 Å². The summed E-state index contributed by atoms with van der Waals surface area (Å²) in [6, 6.07) is 9.31. The number of rotatable bonds is 3. The first-order chi connectivity index (χ1) is 10.3. The third-order valence-corrected chi connectivity index (χ3v) is 3.41. The van der Waals surface area contributed by atoms with Crippen molar-refractivity contribution in [3.05, 3.63) is 47.8 Å². The molecule has 6 nitrogen and oxygen atoms in total. The number of pyridine rings is 2. The molecule has 3 aromatic rings. The van der Waals surface area contributed by atoms with E-state index in [0.29, 0.717) is 22.2 Å². The molecule has 0 aliphatic rings. The van der Waals surface area contributed by atoms with Crippen molar-refractivity contribution in [2.24, 2.45) is 0 Å². The average Bonchev–Trinajstić information content (AvgIpc) is 2.98. The van der Waals surface area contributed by atoms with E-state index in [1.54, 1.807) is 18.3 Å². The summed E-state index contributed by atoms with van der Waals surface area (Å²) in [5, 5.41) is 12.5. The zero-order valence-corrected chi connectivity index (χ0v) is 11.9. The topological polar surface area (TPSA) is 87.4 Å². The fourth-order valence-electron chi connectivity index (χ4n) is 1.69. The summed E-state index contributed by atoms with van der Waals surface area (Å²) in [5.41, 5.74) is 2.18. The smallest absolute Gasteiger partial charge is 0.208 e. The second-order valence-corrected chi connectivity index (χ2v) is 5.01. The Morgan fingerprint density at radius 3 is 2.86 bits per heavy atom. The Bertz CT molecular complexity index is 803. The van der Waals surface area contributed by atoms with Crippen LogP contribution in [-0.2, 0) is 0 Å². The number of nitrogens with zero attached hydrogens (tertiary/aromatic N) is 5. The monoisotopic (exact) mass is 294 g/mol. The van der Waals surface area contributed by atoms with E-state index >= 15 is 0 Å². The first-order valence-electron chi connectivity index (χ1n) is 6.15. The molecule has 0 unspecified atom stereocenters. The molecule has 0 spiro atoms. The summed E-state index contributed by atoms with van der Waals surface area (Å²) in [6.45, 7) is 1.97. The molecule has 0 aliphatic heterocycles. The first kappa shape index (κ1) is 13.1. The number of aromatic nitrogens is 4. The Hall–Kier alpha value is -2.85. The van der Waals surface area contributed by atoms with Gasteiger partial charge in [-0.3, -0.25) is 4.98 Å². The third-order valence-electron chi connectivity index (χ3n) is 2.78. The van der Waals surface area contributed by atoms with Gasteiger partial charge < -0.3 is 5.32 Å². The van der Waals surface area contributed by atoms with Gasteiger partial charge >= 0.3 is 0 Å². The molecule has 0 bridgehead atoms. The van der Waals surface area contributed by atoms with Crippen LogP contribution in [0.5, 0.6) is 0 Å². The molecular formula is C14H10N6S. The zero-order valence-electron chi connectivity index (χ0n) is 11.1. The van der Waals surface area contributed by atoms with E-state index < -0.39 is 0 Å². The van der Waals surface area contributed by atoms with Crippen LogP contribution in [0.15, 0.2) is 36.7 Å². The predicted octanol–water partition coefficient (Wildman–Crippen LogP) is 2.92. The van der Waals surface area contributed by atoms with E-state index in [1.807, 2.05) is 25.1 Å². The molecule has 3 rings (SSSR count). The summed E-state index contributed by atoms with van der Waals surface area (Å²) >= 11 is 1.24. The predicted molar refractivity (Wildman–Crippen MR) is 80.1 cm³/mol. The van der Waals surface area contributed by atoms with Gasteiger partial charge in [-0.15, -0.1) is 0 Å². The lowest BCUT2D eigenvalue weighted by atomic mass is 10.2. The van der Waals surface area contributed by atoms with Gasteiger partial charge in [-0.25, -0.2) is 4.98 Å². The van der Waals surface area contributed by atoms with E-state index in [4.69, 9.17) is 5.26 Å². The molecule has 21 heavy (non-hydrogen) atoms. The van der Waals surface area contributed by atoms with Gasteiger partial charge in [0.2, 0.25) is 5.13 Å². The van der Waals surface area contributed by atoms with Gasteiger partial charge in [0, 0.05) is 23.9 Å². The summed E-state index contributed by atoms with van der Waals surface area (Å²) in [4.78, 5) is 12.8. The van der Waals surface area contributed by atoms with E-state index in [1.165, 1.54) is 17.7 Å². The molecule has 3 heterocycles. The maximum absolute atomic E-state index is 8.76. The molecule has 1 N–H and O–H groups in total. The Morgan fingerprint density at radius 2 is 2.14 bits per heavy atom. The normalized spacial score (nSPS) is 10.1. The standard InChI is InChI=1S/C14H10N6S/c1-9-3-2-6-16-12(9)18-14-19-13(20-21-14)11-5-4-10(7-15)8-17-11/h2-6,8H,1H3,(H,16,18,19,20). The van der Waals surface area contributed by atoms with E-state index in [2.05, 4.69) is 24.6 Å². The molecular weight excluding hydrogens is 284 g/mol. The van der Waals surface area contributed by atoms with Crippen molar-refractivity contribution in [3.8, 4) is 17.6 Å². The molecule has 0 saturated heterocycles. The van der Waals surface area contributed by atoms with Crippen LogP contribution in [0, 0.1) is 18.3 Å².